The number of hydrogen-bond donors (Lipinski definition) is 0. The molecule has 0 saturated carbocycles. The molecule has 34 heavy (non-hydrogen) atoms. The first kappa shape index (κ1) is 22.6. The molecule has 5 rings (SSSR count). The molecule has 2 aromatic carbocycles. The molecule has 7 nitrogen and oxygen atoms in total. The quantitative estimate of drug-likeness (QED) is 0.542. The standard InChI is InChI=1S/C27H33N5O2/c1-34-24-11-7-8-22(20-24)26-25(21-32(28-26)23-9-3-2-4-10-23)27(33)31-18-16-30(17-19-31)15-14-29-12-5-6-13-29/h2-4,7-11,20-21H,5-6,12-19H2,1H3. The Morgan fingerprint density at radius 3 is 2.29 bits per heavy atom. The van der Waals surface area contributed by atoms with Crippen molar-refractivity contribution in [2.24, 2.45) is 0 Å². The maximum Gasteiger partial charge on any atom is 0.257 e. The van der Waals surface area contributed by atoms with Crippen LogP contribution in [0.2, 0.25) is 0 Å². The molecule has 2 fully saturated rings. The Kier molecular flexibility index (Phi) is 6.92. The lowest BCUT2D eigenvalue weighted by molar-refractivity contribution is 0.0627. The van der Waals surface area contributed by atoms with Crippen molar-refractivity contribution >= 4 is 5.91 Å². The molecular formula is C27H33N5O2. The van der Waals surface area contributed by atoms with E-state index in [1.807, 2.05) is 65.7 Å². The third-order valence-electron chi connectivity index (χ3n) is 6.90. The predicted molar refractivity (Wildman–Crippen MR) is 134 cm³/mol. The molecule has 0 unspecified atom stereocenters. The number of nitrogens with zero attached hydrogens (tertiary/aromatic N) is 5. The van der Waals surface area contributed by atoms with E-state index in [0.29, 0.717) is 11.3 Å². The van der Waals surface area contributed by atoms with E-state index >= 15 is 0 Å². The van der Waals surface area contributed by atoms with Gasteiger partial charge in [-0.3, -0.25) is 9.69 Å². The fourth-order valence-electron chi connectivity index (χ4n) is 4.86. The molecule has 7 heteroatoms. The van der Waals surface area contributed by atoms with Gasteiger partial charge in [0.15, 0.2) is 0 Å². The van der Waals surface area contributed by atoms with Crippen LogP contribution in [0.5, 0.6) is 5.75 Å². The topological polar surface area (TPSA) is 53.8 Å². The van der Waals surface area contributed by atoms with Crippen LogP contribution in [0.4, 0.5) is 0 Å². The maximum absolute atomic E-state index is 13.7. The number of rotatable bonds is 7. The summed E-state index contributed by atoms with van der Waals surface area (Å²) in [5, 5.41) is 4.83. The molecule has 0 bridgehead atoms. The highest BCUT2D eigenvalue weighted by atomic mass is 16.5. The van der Waals surface area contributed by atoms with Gasteiger partial charge in [0.05, 0.1) is 18.4 Å². The zero-order valence-corrected chi connectivity index (χ0v) is 19.9. The molecule has 0 radical (unpaired) electrons. The summed E-state index contributed by atoms with van der Waals surface area (Å²) in [5.74, 6) is 0.788. The molecule has 1 aromatic heterocycles. The molecule has 0 N–H and O–H groups in total. The van der Waals surface area contributed by atoms with Crippen molar-refractivity contribution in [2.75, 3.05) is 59.5 Å². The minimum atomic E-state index is 0.0409. The number of likely N-dealkylation sites (tertiary alicyclic amines) is 1. The highest BCUT2D eigenvalue weighted by Gasteiger charge is 2.27. The molecule has 2 aliphatic rings. The summed E-state index contributed by atoms with van der Waals surface area (Å²) in [6.07, 6.45) is 4.52. The van der Waals surface area contributed by atoms with E-state index < -0.39 is 0 Å². The number of methoxy groups -OCH3 is 1. The van der Waals surface area contributed by atoms with Crippen molar-refractivity contribution in [2.45, 2.75) is 12.8 Å². The summed E-state index contributed by atoms with van der Waals surface area (Å²) in [6.45, 7) is 8.01. The van der Waals surface area contributed by atoms with Crippen LogP contribution in [-0.2, 0) is 0 Å². The van der Waals surface area contributed by atoms with E-state index in [9.17, 15) is 4.79 Å². The number of para-hydroxylation sites is 1. The first-order valence-corrected chi connectivity index (χ1v) is 12.2. The average Bonchev–Trinajstić information content (AvgIpc) is 3.58. The molecule has 2 saturated heterocycles. The summed E-state index contributed by atoms with van der Waals surface area (Å²) < 4.78 is 7.22. The first-order valence-electron chi connectivity index (χ1n) is 12.2. The second kappa shape index (κ2) is 10.4. The van der Waals surface area contributed by atoms with E-state index in [4.69, 9.17) is 9.84 Å². The van der Waals surface area contributed by atoms with Gasteiger partial charge in [0, 0.05) is 51.0 Å². The van der Waals surface area contributed by atoms with Crippen LogP contribution >= 0.6 is 0 Å². The van der Waals surface area contributed by atoms with Crippen molar-refractivity contribution in [3.05, 3.63) is 66.4 Å². The monoisotopic (exact) mass is 459 g/mol. The molecular weight excluding hydrogens is 426 g/mol. The van der Waals surface area contributed by atoms with Gasteiger partial charge in [-0.15, -0.1) is 0 Å². The zero-order chi connectivity index (χ0) is 23.3. The van der Waals surface area contributed by atoms with Crippen LogP contribution < -0.4 is 4.74 Å². The van der Waals surface area contributed by atoms with Crippen LogP contribution in [0.1, 0.15) is 23.2 Å². The Morgan fingerprint density at radius 1 is 0.882 bits per heavy atom. The second-order valence-electron chi connectivity index (χ2n) is 9.09. The summed E-state index contributed by atoms with van der Waals surface area (Å²) in [5.41, 5.74) is 3.12. The van der Waals surface area contributed by atoms with Crippen LogP contribution in [-0.4, -0.2) is 89.9 Å². The molecule has 178 valence electrons. The fourth-order valence-corrected chi connectivity index (χ4v) is 4.86. The average molecular weight is 460 g/mol. The number of benzene rings is 2. The highest BCUT2D eigenvalue weighted by Crippen LogP contribution is 2.28. The van der Waals surface area contributed by atoms with Gasteiger partial charge in [-0.1, -0.05) is 30.3 Å². The van der Waals surface area contributed by atoms with E-state index in [-0.39, 0.29) is 5.91 Å². The normalized spacial score (nSPS) is 17.3. The predicted octanol–water partition coefficient (Wildman–Crippen LogP) is 3.40. The zero-order valence-electron chi connectivity index (χ0n) is 19.9. The molecule has 0 atom stereocenters. The van der Waals surface area contributed by atoms with Gasteiger partial charge in [0.2, 0.25) is 0 Å². The number of ether oxygens (including phenoxy) is 1. The Bertz CT molecular complexity index is 1100. The van der Waals surface area contributed by atoms with Crippen molar-refractivity contribution < 1.29 is 9.53 Å². The SMILES string of the molecule is COc1cccc(-c2nn(-c3ccccc3)cc2C(=O)N2CCN(CCN3CCCC3)CC2)c1. The number of amides is 1. The summed E-state index contributed by atoms with van der Waals surface area (Å²) in [4.78, 5) is 20.7. The number of hydrogen-bond acceptors (Lipinski definition) is 5. The Labute approximate surface area is 201 Å². The minimum absolute atomic E-state index is 0.0409. The summed E-state index contributed by atoms with van der Waals surface area (Å²) >= 11 is 0. The van der Waals surface area contributed by atoms with Crippen LogP contribution in [0, 0.1) is 0 Å². The number of aromatic nitrogens is 2. The lowest BCUT2D eigenvalue weighted by atomic mass is 10.1. The van der Waals surface area contributed by atoms with Gasteiger partial charge in [-0.2, -0.15) is 5.10 Å². The van der Waals surface area contributed by atoms with E-state index in [1.165, 1.54) is 25.9 Å². The Hall–Kier alpha value is -3.16. The maximum atomic E-state index is 13.7. The van der Waals surface area contributed by atoms with Crippen molar-refractivity contribution in [3.63, 3.8) is 0 Å². The highest BCUT2D eigenvalue weighted by molar-refractivity contribution is 6.00. The third-order valence-corrected chi connectivity index (χ3v) is 6.90. The fraction of sp³-hybridized carbons (Fsp3) is 0.407. The Balaban J connectivity index is 1.34. The third kappa shape index (κ3) is 5.00. The van der Waals surface area contributed by atoms with Gasteiger partial charge < -0.3 is 14.5 Å². The van der Waals surface area contributed by atoms with Gasteiger partial charge in [-0.05, 0) is 50.2 Å². The van der Waals surface area contributed by atoms with Gasteiger partial charge in [-0.25, -0.2) is 4.68 Å². The van der Waals surface area contributed by atoms with Gasteiger partial charge in [0.25, 0.3) is 5.91 Å². The molecule has 0 aliphatic carbocycles. The number of carbonyl (C=O) groups excluding carboxylic acids is 1. The van der Waals surface area contributed by atoms with E-state index in [2.05, 4.69) is 9.80 Å². The number of piperazine rings is 1. The molecule has 3 aromatic rings. The summed E-state index contributed by atoms with van der Waals surface area (Å²) in [6, 6.07) is 17.7. The van der Waals surface area contributed by atoms with Crippen molar-refractivity contribution in [1.82, 2.24) is 24.5 Å². The lowest BCUT2D eigenvalue weighted by Gasteiger charge is -2.35. The largest absolute Gasteiger partial charge is 0.497 e. The second-order valence-corrected chi connectivity index (χ2v) is 9.09. The summed E-state index contributed by atoms with van der Waals surface area (Å²) in [7, 11) is 1.65. The smallest absolute Gasteiger partial charge is 0.257 e. The van der Waals surface area contributed by atoms with Gasteiger partial charge in [0.1, 0.15) is 11.4 Å². The van der Waals surface area contributed by atoms with Crippen LogP contribution in [0.25, 0.3) is 16.9 Å². The van der Waals surface area contributed by atoms with Crippen molar-refractivity contribution in [1.29, 1.82) is 0 Å². The first-order chi connectivity index (χ1) is 16.7. The van der Waals surface area contributed by atoms with E-state index in [0.717, 1.165) is 56.3 Å². The van der Waals surface area contributed by atoms with Gasteiger partial charge >= 0.3 is 0 Å². The van der Waals surface area contributed by atoms with Crippen molar-refractivity contribution in [3.8, 4) is 22.7 Å². The minimum Gasteiger partial charge on any atom is -0.497 e. The molecule has 0 spiro atoms. The lowest BCUT2D eigenvalue weighted by Crippen LogP contribution is -2.50. The molecule has 1 amide bonds. The Morgan fingerprint density at radius 2 is 1.59 bits per heavy atom. The molecule has 3 heterocycles. The van der Waals surface area contributed by atoms with E-state index in [1.54, 1.807) is 11.8 Å². The van der Waals surface area contributed by atoms with Crippen LogP contribution in [0.3, 0.4) is 0 Å². The molecule has 2 aliphatic heterocycles. The van der Waals surface area contributed by atoms with Crippen LogP contribution in [0.15, 0.2) is 60.8 Å². The number of carbonyl (C=O) groups is 1.